The fourth-order valence-electron chi connectivity index (χ4n) is 1.43. The molecule has 0 aliphatic carbocycles. The van der Waals surface area contributed by atoms with Gasteiger partial charge in [0, 0.05) is 21.8 Å². The molecule has 2 rings (SSSR count). The van der Waals surface area contributed by atoms with Gasteiger partial charge in [-0.3, -0.25) is 14.9 Å². The highest BCUT2D eigenvalue weighted by Crippen LogP contribution is 2.12. The first-order valence-corrected chi connectivity index (χ1v) is 6.10. The summed E-state index contributed by atoms with van der Waals surface area (Å²) in [4.78, 5) is 21.6. The second-order valence-corrected chi connectivity index (χ2v) is 4.84. The van der Waals surface area contributed by atoms with E-state index in [0.29, 0.717) is 6.54 Å². The number of hydrogen-bond acceptors (Lipinski definition) is 4. The van der Waals surface area contributed by atoms with Crippen LogP contribution in [-0.4, -0.2) is 14.7 Å². The SMILES string of the molecule is O=c1cc(I)cnn1Cc1ccc([N+](=O)[O-])cc1. The maximum absolute atomic E-state index is 11.6. The monoisotopic (exact) mass is 357 g/mol. The Kier molecular flexibility index (Phi) is 3.70. The summed E-state index contributed by atoms with van der Waals surface area (Å²) in [7, 11) is 0. The average Bonchev–Trinajstić information content (AvgIpc) is 2.33. The quantitative estimate of drug-likeness (QED) is 0.477. The summed E-state index contributed by atoms with van der Waals surface area (Å²) in [5.74, 6) is 0. The van der Waals surface area contributed by atoms with Gasteiger partial charge in [-0.05, 0) is 28.2 Å². The van der Waals surface area contributed by atoms with Crippen molar-refractivity contribution in [3.63, 3.8) is 0 Å². The zero-order valence-corrected chi connectivity index (χ0v) is 11.3. The Bertz CT molecular complexity index is 637. The lowest BCUT2D eigenvalue weighted by Gasteiger charge is -2.03. The molecule has 0 N–H and O–H groups in total. The van der Waals surface area contributed by atoms with Crippen LogP contribution in [0, 0.1) is 13.7 Å². The normalized spacial score (nSPS) is 10.3. The van der Waals surface area contributed by atoms with E-state index in [1.807, 2.05) is 22.6 Å². The highest BCUT2D eigenvalue weighted by Gasteiger charge is 2.05. The number of nitrogens with zero attached hydrogens (tertiary/aromatic N) is 3. The van der Waals surface area contributed by atoms with E-state index in [2.05, 4.69) is 5.10 Å². The lowest BCUT2D eigenvalue weighted by atomic mass is 10.2. The summed E-state index contributed by atoms with van der Waals surface area (Å²) < 4.78 is 2.08. The van der Waals surface area contributed by atoms with E-state index in [0.717, 1.165) is 9.13 Å². The summed E-state index contributed by atoms with van der Waals surface area (Å²) in [5.41, 5.74) is 0.623. The minimum absolute atomic E-state index is 0.0293. The van der Waals surface area contributed by atoms with Crippen molar-refractivity contribution in [2.24, 2.45) is 0 Å². The van der Waals surface area contributed by atoms with Crippen LogP contribution in [0.15, 0.2) is 41.3 Å². The molecule has 7 heteroatoms. The molecule has 0 bridgehead atoms. The number of non-ortho nitro benzene ring substituents is 1. The van der Waals surface area contributed by atoms with E-state index in [1.165, 1.54) is 22.9 Å². The van der Waals surface area contributed by atoms with E-state index >= 15 is 0 Å². The topological polar surface area (TPSA) is 78.0 Å². The van der Waals surface area contributed by atoms with Crippen LogP contribution >= 0.6 is 22.6 Å². The summed E-state index contributed by atoms with van der Waals surface area (Å²) in [6.07, 6.45) is 1.59. The van der Waals surface area contributed by atoms with Gasteiger partial charge < -0.3 is 0 Å². The second-order valence-electron chi connectivity index (χ2n) is 3.59. The van der Waals surface area contributed by atoms with Crippen LogP contribution in [0.5, 0.6) is 0 Å². The van der Waals surface area contributed by atoms with E-state index < -0.39 is 4.92 Å². The van der Waals surface area contributed by atoms with E-state index in [4.69, 9.17) is 0 Å². The number of halogens is 1. The van der Waals surface area contributed by atoms with Gasteiger partial charge in [-0.25, -0.2) is 4.68 Å². The second kappa shape index (κ2) is 5.25. The lowest BCUT2D eigenvalue weighted by Crippen LogP contribution is -2.22. The molecular formula is C11H8IN3O3. The molecule has 0 fully saturated rings. The molecule has 2 aromatic rings. The van der Waals surface area contributed by atoms with E-state index in [1.54, 1.807) is 18.3 Å². The largest absolute Gasteiger partial charge is 0.269 e. The molecule has 0 saturated heterocycles. The summed E-state index contributed by atoms with van der Waals surface area (Å²) in [6, 6.07) is 7.54. The first-order chi connectivity index (χ1) is 8.56. The zero-order valence-electron chi connectivity index (χ0n) is 9.12. The fourth-order valence-corrected chi connectivity index (χ4v) is 1.82. The zero-order chi connectivity index (χ0) is 13.1. The molecule has 0 saturated carbocycles. The van der Waals surface area contributed by atoms with Gasteiger partial charge in [0.05, 0.1) is 17.7 Å². The van der Waals surface area contributed by atoms with Crippen molar-refractivity contribution in [3.8, 4) is 0 Å². The number of nitro benzene ring substituents is 1. The van der Waals surface area contributed by atoms with Gasteiger partial charge in [-0.1, -0.05) is 12.1 Å². The standard InChI is InChI=1S/C11H8IN3O3/c12-9-5-11(16)14(13-6-9)7-8-1-3-10(4-2-8)15(17)18/h1-6H,7H2. The minimum Gasteiger partial charge on any atom is -0.268 e. The molecule has 0 atom stereocenters. The third kappa shape index (κ3) is 2.92. The first kappa shape index (κ1) is 12.7. The number of aromatic nitrogens is 2. The van der Waals surface area contributed by atoms with Crippen LogP contribution in [0.4, 0.5) is 5.69 Å². The van der Waals surface area contributed by atoms with Gasteiger partial charge in [-0.15, -0.1) is 0 Å². The molecule has 1 heterocycles. The van der Waals surface area contributed by atoms with Gasteiger partial charge in [0.2, 0.25) is 0 Å². The predicted molar refractivity (Wildman–Crippen MR) is 73.4 cm³/mol. The third-order valence-corrected chi connectivity index (χ3v) is 2.91. The smallest absolute Gasteiger partial charge is 0.268 e. The molecule has 0 unspecified atom stereocenters. The van der Waals surface area contributed by atoms with Crippen LogP contribution < -0.4 is 5.56 Å². The lowest BCUT2D eigenvalue weighted by molar-refractivity contribution is -0.384. The van der Waals surface area contributed by atoms with Crippen LogP contribution in [0.1, 0.15) is 5.56 Å². The Balaban J connectivity index is 2.23. The Morgan fingerprint density at radius 2 is 2.00 bits per heavy atom. The van der Waals surface area contributed by atoms with Gasteiger partial charge in [0.15, 0.2) is 0 Å². The first-order valence-electron chi connectivity index (χ1n) is 5.02. The van der Waals surface area contributed by atoms with Crippen molar-refractivity contribution in [1.82, 2.24) is 9.78 Å². The predicted octanol–water partition coefficient (Wildman–Crippen LogP) is 1.80. The van der Waals surface area contributed by atoms with Gasteiger partial charge in [0.25, 0.3) is 11.2 Å². The Hall–Kier alpha value is -1.77. The van der Waals surface area contributed by atoms with Crippen molar-refractivity contribution in [1.29, 1.82) is 0 Å². The summed E-state index contributed by atoms with van der Waals surface area (Å²) in [6.45, 7) is 0.299. The maximum atomic E-state index is 11.6. The molecule has 6 nitrogen and oxygen atoms in total. The third-order valence-electron chi connectivity index (χ3n) is 2.32. The molecule has 92 valence electrons. The Morgan fingerprint density at radius 3 is 2.56 bits per heavy atom. The van der Waals surface area contributed by atoms with Crippen LogP contribution in [0.2, 0.25) is 0 Å². The molecule has 0 radical (unpaired) electrons. The van der Waals surface area contributed by atoms with Gasteiger partial charge >= 0.3 is 0 Å². The maximum Gasteiger partial charge on any atom is 0.269 e. The van der Waals surface area contributed by atoms with Crippen molar-refractivity contribution in [2.75, 3.05) is 0 Å². The molecular weight excluding hydrogens is 349 g/mol. The van der Waals surface area contributed by atoms with Gasteiger partial charge in [-0.2, -0.15) is 5.10 Å². The van der Waals surface area contributed by atoms with Crippen molar-refractivity contribution in [3.05, 3.63) is 66.1 Å². The fraction of sp³-hybridized carbons (Fsp3) is 0.0909. The Labute approximate surface area is 116 Å². The minimum atomic E-state index is -0.459. The molecule has 0 spiro atoms. The highest BCUT2D eigenvalue weighted by molar-refractivity contribution is 14.1. The van der Waals surface area contributed by atoms with Crippen molar-refractivity contribution in [2.45, 2.75) is 6.54 Å². The highest BCUT2D eigenvalue weighted by atomic mass is 127. The number of nitro groups is 1. The van der Waals surface area contributed by atoms with Crippen LogP contribution in [0.3, 0.4) is 0 Å². The molecule has 0 aliphatic rings. The van der Waals surface area contributed by atoms with Gasteiger partial charge in [0.1, 0.15) is 0 Å². The molecule has 0 aliphatic heterocycles. The summed E-state index contributed by atoms with van der Waals surface area (Å²) >= 11 is 2.01. The molecule has 18 heavy (non-hydrogen) atoms. The molecule has 1 aromatic heterocycles. The van der Waals surface area contributed by atoms with Crippen molar-refractivity contribution < 1.29 is 4.92 Å². The van der Waals surface area contributed by atoms with Crippen LogP contribution in [-0.2, 0) is 6.54 Å². The summed E-state index contributed by atoms with van der Waals surface area (Å²) in [5, 5.41) is 14.5. The van der Waals surface area contributed by atoms with Crippen LogP contribution in [0.25, 0.3) is 0 Å². The average molecular weight is 357 g/mol. The molecule has 1 aromatic carbocycles. The van der Waals surface area contributed by atoms with Crippen molar-refractivity contribution >= 4 is 28.3 Å². The number of hydrogen-bond donors (Lipinski definition) is 0. The molecule has 0 amide bonds. The van der Waals surface area contributed by atoms with E-state index in [-0.39, 0.29) is 11.2 Å². The van der Waals surface area contributed by atoms with E-state index in [9.17, 15) is 14.9 Å². The number of rotatable bonds is 3. The number of benzene rings is 1. The Morgan fingerprint density at radius 1 is 1.33 bits per heavy atom.